The Bertz CT molecular complexity index is 451. The van der Waals surface area contributed by atoms with E-state index < -0.39 is 9.84 Å². The summed E-state index contributed by atoms with van der Waals surface area (Å²) in [6.07, 6.45) is 4.76. The van der Waals surface area contributed by atoms with E-state index in [4.69, 9.17) is 0 Å². The average Bonchev–Trinajstić information content (AvgIpc) is 2.70. The average molecular weight is 352 g/mol. The molecule has 110 valence electrons. The van der Waals surface area contributed by atoms with E-state index in [0.29, 0.717) is 12.3 Å². The van der Waals surface area contributed by atoms with Crippen LogP contribution in [0.3, 0.4) is 0 Å². The van der Waals surface area contributed by atoms with Crippen LogP contribution in [0.4, 0.5) is 0 Å². The molecule has 1 saturated heterocycles. The van der Waals surface area contributed by atoms with Gasteiger partial charge in [0.25, 0.3) is 0 Å². The van der Waals surface area contributed by atoms with E-state index in [2.05, 4.69) is 28.2 Å². The lowest BCUT2D eigenvalue weighted by Gasteiger charge is -2.40. The number of amides is 1. The van der Waals surface area contributed by atoms with Crippen LogP contribution in [-0.4, -0.2) is 36.7 Å². The number of rotatable bonds is 3. The van der Waals surface area contributed by atoms with Crippen LogP contribution < -0.4 is 5.32 Å². The van der Waals surface area contributed by atoms with Crippen molar-refractivity contribution in [1.29, 1.82) is 0 Å². The standard InChI is InChI=1S/C13H22BrNO3S/c1-10-3-2-5-13(7-10,9-14)15-12(16)11-4-6-19(17,18)8-11/h10-11H,2-9H2,1H3,(H,15,16). The second kappa shape index (κ2) is 5.72. The van der Waals surface area contributed by atoms with Gasteiger partial charge in [0, 0.05) is 10.9 Å². The molecule has 0 aromatic carbocycles. The van der Waals surface area contributed by atoms with Crippen molar-refractivity contribution < 1.29 is 13.2 Å². The van der Waals surface area contributed by atoms with Gasteiger partial charge in [-0.2, -0.15) is 0 Å². The second-order valence-corrected chi connectivity index (χ2v) is 8.99. The lowest BCUT2D eigenvalue weighted by molar-refractivity contribution is -0.126. The number of carbonyl (C=O) groups excluding carboxylic acids is 1. The van der Waals surface area contributed by atoms with Crippen molar-refractivity contribution in [2.24, 2.45) is 11.8 Å². The summed E-state index contributed by atoms with van der Waals surface area (Å²) in [6.45, 7) is 2.21. The molecule has 1 N–H and O–H groups in total. The molecule has 1 aliphatic heterocycles. The minimum atomic E-state index is -2.99. The SMILES string of the molecule is CC1CCCC(CBr)(NC(=O)C2CCS(=O)(=O)C2)C1. The van der Waals surface area contributed by atoms with Crippen LogP contribution in [0.1, 0.15) is 39.0 Å². The predicted octanol–water partition coefficient (Wildman–Crippen LogP) is 1.88. The van der Waals surface area contributed by atoms with Crippen LogP contribution in [0.25, 0.3) is 0 Å². The maximum atomic E-state index is 12.3. The van der Waals surface area contributed by atoms with Crippen LogP contribution in [-0.2, 0) is 14.6 Å². The van der Waals surface area contributed by atoms with Crippen LogP contribution in [0, 0.1) is 11.8 Å². The molecule has 0 spiro atoms. The Morgan fingerprint density at radius 2 is 2.16 bits per heavy atom. The molecule has 4 nitrogen and oxygen atoms in total. The summed E-state index contributed by atoms with van der Waals surface area (Å²) in [7, 11) is -2.99. The molecule has 2 rings (SSSR count). The topological polar surface area (TPSA) is 63.2 Å². The molecule has 2 aliphatic rings. The van der Waals surface area contributed by atoms with Gasteiger partial charge in [-0.3, -0.25) is 4.79 Å². The highest BCUT2D eigenvalue weighted by Gasteiger charge is 2.39. The second-order valence-electron chi connectivity index (χ2n) is 6.20. The van der Waals surface area contributed by atoms with Crippen molar-refractivity contribution in [1.82, 2.24) is 5.32 Å². The van der Waals surface area contributed by atoms with Crippen LogP contribution in [0.5, 0.6) is 0 Å². The first-order valence-corrected chi connectivity index (χ1v) is 9.88. The summed E-state index contributed by atoms with van der Waals surface area (Å²) in [5.41, 5.74) is -0.179. The molecule has 1 amide bonds. The van der Waals surface area contributed by atoms with Crippen LogP contribution in [0.15, 0.2) is 0 Å². The molecule has 0 bridgehead atoms. The predicted molar refractivity (Wildman–Crippen MR) is 79.1 cm³/mol. The van der Waals surface area contributed by atoms with E-state index in [1.807, 2.05) is 0 Å². The van der Waals surface area contributed by atoms with E-state index in [0.717, 1.165) is 24.6 Å². The third-order valence-electron chi connectivity index (χ3n) is 4.34. The molecule has 1 aliphatic carbocycles. The fraction of sp³-hybridized carbons (Fsp3) is 0.923. The highest BCUT2D eigenvalue weighted by atomic mass is 79.9. The molecule has 0 aromatic heterocycles. The van der Waals surface area contributed by atoms with E-state index in [-0.39, 0.29) is 28.9 Å². The van der Waals surface area contributed by atoms with Crippen LogP contribution in [0.2, 0.25) is 0 Å². The van der Waals surface area contributed by atoms with Gasteiger partial charge in [0.05, 0.1) is 17.4 Å². The molecular weight excluding hydrogens is 330 g/mol. The highest BCUT2D eigenvalue weighted by Crippen LogP contribution is 2.34. The van der Waals surface area contributed by atoms with Gasteiger partial charge in [-0.1, -0.05) is 35.7 Å². The molecule has 19 heavy (non-hydrogen) atoms. The Morgan fingerprint density at radius 3 is 2.68 bits per heavy atom. The molecule has 1 heterocycles. The van der Waals surface area contributed by atoms with E-state index in [9.17, 15) is 13.2 Å². The molecular formula is C13H22BrNO3S. The molecule has 3 unspecified atom stereocenters. The van der Waals surface area contributed by atoms with Gasteiger partial charge < -0.3 is 5.32 Å². The first-order chi connectivity index (χ1) is 8.86. The summed E-state index contributed by atoms with van der Waals surface area (Å²) in [4.78, 5) is 12.3. The maximum Gasteiger partial charge on any atom is 0.224 e. The monoisotopic (exact) mass is 351 g/mol. The maximum absolute atomic E-state index is 12.3. The Morgan fingerprint density at radius 1 is 1.42 bits per heavy atom. The quantitative estimate of drug-likeness (QED) is 0.789. The third-order valence-corrected chi connectivity index (χ3v) is 7.18. The van der Waals surface area contributed by atoms with Gasteiger partial charge in [0.2, 0.25) is 5.91 Å². The molecule has 1 saturated carbocycles. The first-order valence-electron chi connectivity index (χ1n) is 6.94. The number of hydrogen-bond acceptors (Lipinski definition) is 3. The largest absolute Gasteiger partial charge is 0.350 e. The summed E-state index contributed by atoms with van der Waals surface area (Å²) in [5.74, 6) is 0.363. The normalized spacial score (nSPS) is 38.0. The van der Waals surface area contributed by atoms with Crippen molar-refractivity contribution in [2.45, 2.75) is 44.6 Å². The Balaban J connectivity index is 2.00. The Hall–Kier alpha value is -0.100. The lowest BCUT2D eigenvalue weighted by Crippen LogP contribution is -2.54. The molecule has 3 atom stereocenters. The molecule has 0 aromatic rings. The van der Waals surface area contributed by atoms with Crippen molar-refractivity contribution >= 4 is 31.7 Å². The number of carbonyl (C=O) groups is 1. The molecule has 0 radical (unpaired) electrons. The molecule has 2 fully saturated rings. The fourth-order valence-corrected chi connectivity index (χ4v) is 5.68. The smallest absolute Gasteiger partial charge is 0.224 e. The summed E-state index contributed by atoms with van der Waals surface area (Å²) >= 11 is 3.52. The van der Waals surface area contributed by atoms with Gasteiger partial charge in [-0.15, -0.1) is 0 Å². The van der Waals surface area contributed by atoms with Crippen molar-refractivity contribution in [3.05, 3.63) is 0 Å². The highest BCUT2D eigenvalue weighted by molar-refractivity contribution is 9.09. The fourth-order valence-electron chi connectivity index (χ4n) is 3.29. The number of halogens is 1. The van der Waals surface area contributed by atoms with E-state index >= 15 is 0 Å². The van der Waals surface area contributed by atoms with Gasteiger partial charge >= 0.3 is 0 Å². The van der Waals surface area contributed by atoms with Gasteiger partial charge in [-0.25, -0.2) is 8.42 Å². The van der Waals surface area contributed by atoms with Crippen LogP contribution >= 0.6 is 15.9 Å². The Kier molecular flexibility index (Phi) is 4.60. The zero-order valence-electron chi connectivity index (χ0n) is 11.3. The number of alkyl halides is 1. The number of hydrogen-bond donors (Lipinski definition) is 1. The Labute approximate surface area is 123 Å². The minimum Gasteiger partial charge on any atom is -0.350 e. The zero-order valence-corrected chi connectivity index (χ0v) is 13.7. The minimum absolute atomic E-state index is 0.0206. The lowest BCUT2D eigenvalue weighted by atomic mass is 9.77. The van der Waals surface area contributed by atoms with E-state index in [1.54, 1.807) is 0 Å². The summed E-state index contributed by atoms with van der Waals surface area (Å²) in [5, 5.41) is 3.89. The first kappa shape index (κ1) is 15.3. The van der Waals surface area contributed by atoms with Gasteiger partial charge in [0.1, 0.15) is 0 Å². The zero-order chi connectivity index (χ0) is 14.1. The van der Waals surface area contributed by atoms with Gasteiger partial charge in [0.15, 0.2) is 9.84 Å². The number of nitrogens with one attached hydrogen (secondary N) is 1. The van der Waals surface area contributed by atoms with Crippen molar-refractivity contribution in [2.75, 3.05) is 16.8 Å². The number of sulfone groups is 1. The van der Waals surface area contributed by atoms with Crippen molar-refractivity contribution in [3.63, 3.8) is 0 Å². The van der Waals surface area contributed by atoms with Crippen molar-refractivity contribution in [3.8, 4) is 0 Å². The summed E-state index contributed by atoms with van der Waals surface area (Å²) in [6, 6.07) is 0. The molecule has 6 heteroatoms. The summed E-state index contributed by atoms with van der Waals surface area (Å²) < 4.78 is 22.9. The van der Waals surface area contributed by atoms with E-state index in [1.165, 1.54) is 6.42 Å². The van der Waals surface area contributed by atoms with Gasteiger partial charge in [-0.05, 0) is 25.2 Å². The third kappa shape index (κ3) is 3.72.